The molecule has 0 atom stereocenters. The summed E-state index contributed by atoms with van der Waals surface area (Å²) < 4.78 is 0. The molecular formula is C21H28N4O. The van der Waals surface area contributed by atoms with Crippen LogP contribution in [0.25, 0.3) is 0 Å². The van der Waals surface area contributed by atoms with Gasteiger partial charge in [0.15, 0.2) is 0 Å². The van der Waals surface area contributed by atoms with Gasteiger partial charge in [-0.05, 0) is 62.3 Å². The van der Waals surface area contributed by atoms with Crippen molar-refractivity contribution in [3.8, 4) is 6.07 Å². The van der Waals surface area contributed by atoms with E-state index in [0.717, 1.165) is 44.7 Å². The monoisotopic (exact) mass is 352 g/mol. The Bertz CT molecular complexity index is 675. The third-order valence-corrected chi connectivity index (χ3v) is 5.39. The molecule has 2 fully saturated rings. The first kappa shape index (κ1) is 18.3. The second kappa shape index (κ2) is 8.75. The number of nitriles is 1. The molecule has 2 heterocycles. The SMILES string of the molecule is CC1CCN(C(=O)/C(C#N)=C\Nc2ccc(N3CCCCC3)cc2)CC1. The van der Waals surface area contributed by atoms with Crippen LogP contribution in [0, 0.1) is 17.2 Å². The molecule has 1 N–H and O–H groups in total. The highest BCUT2D eigenvalue weighted by Gasteiger charge is 2.23. The zero-order chi connectivity index (χ0) is 18.4. The zero-order valence-corrected chi connectivity index (χ0v) is 15.6. The van der Waals surface area contributed by atoms with Gasteiger partial charge < -0.3 is 15.1 Å². The van der Waals surface area contributed by atoms with Crippen LogP contribution in [0.15, 0.2) is 36.0 Å². The molecule has 0 spiro atoms. The van der Waals surface area contributed by atoms with Crippen LogP contribution in [-0.4, -0.2) is 37.0 Å². The molecule has 0 saturated carbocycles. The maximum Gasteiger partial charge on any atom is 0.266 e. The highest BCUT2D eigenvalue weighted by atomic mass is 16.2. The van der Waals surface area contributed by atoms with Gasteiger partial charge in [-0.15, -0.1) is 0 Å². The minimum absolute atomic E-state index is 0.166. The van der Waals surface area contributed by atoms with E-state index in [0.29, 0.717) is 5.92 Å². The first-order chi connectivity index (χ1) is 12.7. The number of carbonyl (C=O) groups excluding carboxylic acids is 1. The number of hydrogen-bond donors (Lipinski definition) is 1. The summed E-state index contributed by atoms with van der Waals surface area (Å²) in [4.78, 5) is 16.7. The van der Waals surface area contributed by atoms with Crippen molar-refractivity contribution in [2.75, 3.05) is 36.4 Å². The van der Waals surface area contributed by atoms with Crippen molar-refractivity contribution >= 4 is 17.3 Å². The van der Waals surface area contributed by atoms with Gasteiger partial charge in [0.05, 0.1) is 0 Å². The number of anilines is 2. The number of carbonyl (C=O) groups is 1. The highest BCUT2D eigenvalue weighted by Crippen LogP contribution is 2.22. The molecule has 3 rings (SSSR count). The van der Waals surface area contributed by atoms with Gasteiger partial charge in [0.2, 0.25) is 0 Å². The number of rotatable bonds is 4. The molecule has 2 saturated heterocycles. The van der Waals surface area contributed by atoms with Crippen molar-refractivity contribution < 1.29 is 4.79 Å². The van der Waals surface area contributed by atoms with Gasteiger partial charge in [0.1, 0.15) is 11.6 Å². The summed E-state index contributed by atoms with van der Waals surface area (Å²) in [6.45, 7) is 5.92. The smallest absolute Gasteiger partial charge is 0.266 e. The average molecular weight is 352 g/mol. The lowest BCUT2D eigenvalue weighted by atomic mass is 9.99. The molecule has 26 heavy (non-hydrogen) atoms. The van der Waals surface area contributed by atoms with Gasteiger partial charge in [0.25, 0.3) is 5.91 Å². The molecule has 138 valence electrons. The molecule has 2 aliphatic heterocycles. The Kier molecular flexibility index (Phi) is 6.17. The number of amides is 1. The summed E-state index contributed by atoms with van der Waals surface area (Å²) in [5.74, 6) is 0.488. The van der Waals surface area contributed by atoms with Crippen LogP contribution in [0.5, 0.6) is 0 Å². The summed E-state index contributed by atoms with van der Waals surface area (Å²) in [5.41, 5.74) is 2.29. The van der Waals surface area contributed by atoms with E-state index in [2.05, 4.69) is 29.3 Å². The van der Waals surface area contributed by atoms with Crippen molar-refractivity contribution in [1.82, 2.24) is 4.90 Å². The van der Waals surface area contributed by atoms with Crippen molar-refractivity contribution in [2.45, 2.75) is 39.0 Å². The third kappa shape index (κ3) is 4.57. The van der Waals surface area contributed by atoms with Crippen LogP contribution in [0.4, 0.5) is 11.4 Å². The first-order valence-corrected chi connectivity index (χ1v) is 9.68. The lowest BCUT2D eigenvalue weighted by Crippen LogP contribution is -2.38. The number of nitrogens with one attached hydrogen (secondary N) is 1. The molecule has 0 radical (unpaired) electrons. The topological polar surface area (TPSA) is 59.4 Å². The summed E-state index contributed by atoms with van der Waals surface area (Å²) >= 11 is 0. The van der Waals surface area contributed by atoms with Crippen LogP contribution in [0.3, 0.4) is 0 Å². The molecule has 2 aliphatic rings. The molecule has 1 aromatic carbocycles. The Morgan fingerprint density at radius 1 is 1.12 bits per heavy atom. The van der Waals surface area contributed by atoms with Gasteiger partial charge in [-0.1, -0.05) is 6.92 Å². The van der Waals surface area contributed by atoms with E-state index in [9.17, 15) is 10.1 Å². The Hall–Kier alpha value is -2.48. The van der Waals surface area contributed by atoms with E-state index in [1.807, 2.05) is 18.2 Å². The van der Waals surface area contributed by atoms with Crippen LogP contribution in [-0.2, 0) is 4.79 Å². The predicted octanol–water partition coefficient (Wildman–Crippen LogP) is 3.75. The van der Waals surface area contributed by atoms with Gasteiger partial charge in [-0.2, -0.15) is 5.26 Å². The van der Waals surface area contributed by atoms with Crippen molar-refractivity contribution in [1.29, 1.82) is 5.26 Å². The first-order valence-electron chi connectivity index (χ1n) is 9.68. The summed E-state index contributed by atoms with van der Waals surface area (Å²) in [6, 6.07) is 10.2. The van der Waals surface area contributed by atoms with Crippen LogP contribution >= 0.6 is 0 Å². The molecule has 0 aromatic heterocycles. The average Bonchev–Trinajstić information content (AvgIpc) is 2.70. The molecule has 0 unspecified atom stereocenters. The summed E-state index contributed by atoms with van der Waals surface area (Å²) in [6.07, 6.45) is 7.39. The quantitative estimate of drug-likeness (QED) is 0.662. The van der Waals surface area contributed by atoms with E-state index in [1.165, 1.54) is 31.1 Å². The lowest BCUT2D eigenvalue weighted by molar-refractivity contribution is -0.128. The molecule has 0 bridgehead atoms. The van der Waals surface area contributed by atoms with Gasteiger partial charge in [-0.25, -0.2) is 0 Å². The van der Waals surface area contributed by atoms with Crippen LogP contribution < -0.4 is 10.2 Å². The Morgan fingerprint density at radius 3 is 2.38 bits per heavy atom. The normalized spacial score (nSPS) is 19.2. The lowest BCUT2D eigenvalue weighted by Gasteiger charge is -2.30. The number of benzene rings is 1. The van der Waals surface area contributed by atoms with E-state index in [1.54, 1.807) is 4.90 Å². The molecular weight excluding hydrogens is 324 g/mol. The highest BCUT2D eigenvalue weighted by molar-refractivity contribution is 5.97. The predicted molar refractivity (Wildman–Crippen MR) is 105 cm³/mol. The molecule has 1 amide bonds. The second-order valence-electron chi connectivity index (χ2n) is 7.38. The Morgan fingerprint density at radius 2 is 1.77 bits per heavy atom. The van der Waals surface area contributed by atoms with Crippen molar-refractivity contribution in [3.63, 3.8) is 0 Å². The van der Waals surface area contributed by atoms with Crippen LogP contribution in [0.1, 0.15) is 39.0 Å². The fraction of sp³-hybridized carbons (Fsp3) is 0.524. The number of piperidine rings is 2. The van der Waals surface area contributed by atoms with E-state index >= 15 is 0 Å². The zero-order valence-electron chi connectivity index (χ0n) is 15.6. The number of nitrogens with zero attached hydrogens (tertiary/aromatic N) is 3. The van der Waals surface area contributed by atoms with Crippen molar-refractivity contribution in [3.05, 3.63) is 36.0 Å². The fourth-order valence-corrected chi connectivity index (χ4v) is 3.60. The van der Waals surface area contributed by atoms with E-state index in [-0.39, 0.29) is 11.5 Å². The maximum atomic E-state index is 12.5. The minimum atomic E-state index is -0.170. The second-order valence-corrected chi connectivity index (χ2v) is 7.38. The minimum Gasteiger partial charge on any atom is -0.372 e. The summed E-state index contributed by atoms with van der Waals surface area (Å²) in [5, 5.41) is 12.5. The number of likely N-dealkylation sites (tertiary alicyclic amines) is 1. The maximum absolute atomic E-state index is 12.5. The standard InChI is InChI=1S/C21H28N4O/c1-17-9-13-25(14-10-17)21(26)18(15-22)16-23-19-5-7-20(8-6-19)24-11-3-2-4-12-24/h5-8,16-17,23H,2-4,9-14H2,1H3/b18-16-. The number of hydrogen-bond acceptors (Lipinski definition) is 4. The van der Waals surface area contributed by atoms with Gasteiger partial charge >= 0.3 is 0 Å². The molecule has 0 aliphatic carbocycles. The largest absolute Gasteiger partial charge is 0.372 e. The Labute approximate surface area is 156 Å². The molecule has 1 aromatic rings. The van der Waals surface area contributed by atoms with E-state index in [4.69, 9.17) is 0 Å². The Balaban J connectivity index is 1.60. The van der Waals surface area contributed by atoms with Gasteiger partial charge in [0, 0.05) is 43.8 Å². The van der Waals surface area contributed by atoms with Gasteiger partial charge in [-0.3, -0.25) is 4.79 Å². The van der Waals surface area contributed by atoms with Crippen molar-refractivity contribution in [2.24, 2.45) is 5.92 Å². The fourth-order valence-electron chi connectivity index (χ4n) is 3.60. The third-order valence-electron chi connectivity index (χ3n) is 5.39. The molecule has 5 heteroatoms. The molecule has 5 nitrogen and oxygen atoms in total. The summed E-state index contributed by atoms with van der Waals surface area (Å²) in [7, 11) is 0. The van der Waals surface area contributed by atoms with E-state index < -0.39 is 0 Å². The van der Waals surface area contributed by atoms with Crippen LogP contribution in [0.2, 0.25) is 0 Å².